The zero-order valence-corrected chi connectivity index (χ0v) is 19.7. The van der Waals surface area contributed by atoms with Gasteiger partial charge in [-0.3, -0.25) is 18.9 Å². The standard InChI is InChI=1S/C18H27N2O11PS/c1-26-6-7-30-18(20-5-4-14(22)19-16(20)23)10-28-13(8-21)15(18)31-32(25)33-11-29-17(24)27-9-12-2-3-12/h4-5,12-13,15,21,32H,2-3,6-11H2,1H3,(H,19,22,23)/t13-,15-,18-/m1/s1. The molecule has 15 heteroatoms. The molecule has 0 spiro atoms. The van der Waals surface area contributed by atoms with Crippen LogP contribution in [-0.2, 0) is 38.5 Å². The lowest BCUT2D eigenvalue weighted by atomic mass is 10.1. The van der Waals surface area contributed by atoms with Crippen molar-refractivity contribution in [3.63, 3.8) is 0 Å². The molecule has 2 heterocycles. The van der Waals surface area contributed by atoms with Gasteiger partial charge in [0.05, 0.1) is 33.0 Å². The minimum absolute atomic E-state index is 0.00740. The average Bonchev–Trinajstić information content (AvgIpc) is 3.55. The maximum atomic E-state index is 12.6. The zero-order valence-electron chi connectivity index (χ0n) is 17.9. The van der Waals surface area contributed by atoms with E-state index < -0.39 is 49.2 Å². The Morgan fingerprint density at radius 2 is 2.15 bits per heavy atom. The Labute approximate surface area is 193 Å². The number of hydrogen-bond donors (Lipinski definition) is 2. The van der Waals surface area contributed by atoms with Gasteiger partial charge in [-0.25, -0.2) is 9.59 Å². The van der Waals surface area contributed by atoms with Gasteiger partial charge in [0, 0.05) is 19.4 Å². The molecule has 1 saturated heterocycles. The van der Waals surface area contributed by atoms with Crippen LogP contribution in [0.5, 0.6) is 0 Å². The second kappa shape index (κ2) is 12.2. The van der Waals surface area contributed by atoms with Gasteiger partial charge in [-0.1, -0.05) is 0 Å². The smallest absolute Gasteiger partial charge is 0.434 e. The summed E-state index contributed by atoms with van der Waals surface area (Å²) in [7, 11) is -1.45. The fraction of sp³-hybridized carbons (Fsp3) is 0.722. The molecule has 0 aromatic carbocycles. The Morgan fingerprint density at radius 3 is 2.82 bits per heavy atom. The second-order valence-electron chi connectivity index (χ2n) is 7.40. The number of aromatic nitrogens is 2. The second-order valence-corrected chi connectivity index (χ2v) is 10.5. The molecule has 2 N–H and O–H groups in total. The minimum Gasteiger partial charge on any atom is -0.434 e. The number of nitrogens with zero attached hydrogens (tertiary/aromatic N) is 1. The van der Waals surface area contributed by atoms with Gasteiger partial charge >= 0.3 is 11.8 Å². The maximum absolute atomic E-state index is 12.6. The van der Waals surface area contributed by atoms with Crippen LogP contribution in [0.1, 0.15) is 12.8 Å². The Balaban J connectivity index is 1.70. The quantitative estimate of drug-likeness (QED) is 0.161. The molecule has 1 aromatic heterocycles. The molecule has 3 rings (SSSR count). The molecule has 1 saturated carbocycles. The van der Waals surface area contributed by atoms with Gasteiger partial charge in [-0.05, 0) is 30.1 Å². The molecule has 2 fully saturated rings. The highest BCUT2D eigenvalue weighted by Gasteiger charge is 2.55. The summed E-state index contributed by atoms with van der Waals surface area (Å²) in [6.07, 6.45) is 0.210. The van der Waals surface area contributed by atoms with Gasteiger partial charge in [0.25, 0.3) is 5.56 Å². The van der Waals surface area contributed by atoms with Crippen molar-refractivity contribution in [1.82, 2.24) is 9.55 Å². The van der Waals surface area contributed by atoms with Gasteiger partial charge in [-0.2, -0.15) is 0 Å². The zero-order chi connectivity index (χ0) is 23.8. The van der Waals surface area contributed by atoms with E-state index in [1.807, 2.05) is 0 Å². The molecule has 1 aliphatic heterocycles. The topological polar surface area (TPSA) is 165 Å². The fourth-order valence-corrected chi connectivity index (χ4v) is 5.04. The molecule has 0 bridgehead atoms. The summed E-state index contributed by atoms with van der Waals surface area (Å²) in [5.41, 5.74) is -3.06. The number of carbonyl (C=O) groups excluding carboxylic acids is 1. The highest BCUT2D eigenvalue weighted by molar-refractivity contribution is 8.50. The highest BCUT2D eigenvalue weighted by Crippen LogP contribution is 2.46. The van der Waals surface area contributed by atoms with Gasteiger partial charge in [-0.15, -0.1) is 0 Å². The lowest BCUT2D eigenvalue weighted by molar-refractivity contribution is -0.160. The summed E-state index contributed by atoms with van der Waals surface area (Å²) in [5, 5.41) is 9.76. The average molecular weight is 510 g/mol. The number of aliphatic hydroxyl groups is 1. The number of rotatable bonds is 13. The normalized spacial score (nSPS) is 25.6. The summed E-state index contributed by atoms with van der Waals surface area (Å²) in [6.45, 7) is -0.281. The number of aromatic amines is 1. The van der Waals surface area contributed by atoms with Crippen LogP contribution in [0.2, 0.25) is 0 Å². The first-order chi connectivity index (χ1) is 15.9. The van der Waals surface area contributed by atoms with Crippen LogP contribution in [-0.4, -0.2) is 79.1 Å². The van der Waals surface area contributed by atoms with E-state index in [9.17, 15) is 24.1 Å². The molecule has 13 nitrogen and oxygen atoms in total. The number of methoxy groups -OCH3 is 1. The van der Waals surface area contributed by atoms with Crippen LogP contribution < -0.4 is 11.2 Å². The minimum atomic E-state index is -2.91. The number of carbonyl (C=O) groups is 1. The third-order valence-corrected chi connectivity index (χ3v) is 7.32. The molecule has 33 heavy (non-hydrogen) atoms. The molecule has 2 aliphatic rings. The summed E-state index contributed by atoms with van der Waals surface area (Å²) in [6, 6.07) is 1.12. The summed E-state index contributed by atoms with van der Waals surface area (Å²) < 4.78 is 45.6. The third-order valence-electron chi connectivity index (χ3n) is 5.05. The lowest BCUT2D eigenvalue weighted by Gasteiger charge is -2.35. The summed E-state index contributed by atoms with van der Waals surface area (Å²) in [4.78, 5) is 37.7. The molecule has 1 aromatic rings. The first kappa shape index (κ1) is 25.9. The number of ether oxygens (including phenoxy) is 5. The maximum Gasteiger partial charge on any atom is 0.509 e. The first-order valence-corrected chi connectivity index (χ1v) is 13.2. The Kier molecular flexibility index (Phi) is 9.56. The van der Waals surface area contributed by atoms with Crippen LogP contribution >= 0.6 is 18.6 Å². The van der Waals surface area contributed by atoms with E-state index in [0.29, 0.717) is 12.5 Å². The molecule has 1 aliphatic carbocycles. The Morgan fingerprint density at radius 1 is 1.36 bits per heavy atom. The Hall–Kier alpha value is -1.67. The summed E-state index contributed by atoms with van der Waals surface area (Å²) >= 11 is 0.723. The van der Waals surface area contributed by atoms with E-state index in [2.05, 4.69) is 4.98 Å². The van der Waals surface area contributed by atoms with Crippen LogP contribution in [0.3, 0.4) is 0 Å². The van der Waals surface area contributed by atoms with Crippen LogP contribution in [0, 0.1) is 5.92 Å². The monoisotopic (exact) mass is 510 g/mol. The van der Waals surface area contributed by atoms with Crippen molar-refractivity contribution in [2.75, 3.05) is 46.1 Å². The lowest BCUT2D eigenvalue weighted by Crippen LogP contribution is -2.55. The highest BCUT2D eigenvalue weighted by atomic mass is 32.7. The van der Waals surface area contributed by atoms with E-state index >= 15 is 0 Å². The van der Waals surface area contributed by atoms with Crippen molar-refractivity contribution in [2.45, 2.75) is 30.8 Å². The molecule has 1 unspecified atom stereocenters. The predicted molar refractivity (Wildman–Crippen MR) is 115 cm³/mol. The van der Waals surface area contributed by atoms with Crippen molar-refractivity contribution in [3.05, 3.63) is 33.1 Å². The van der Waals surface area contributed by atoms with Gasteiger partial charge in [0.1, 0.15) is 18.1 Å². The van der Waals surface area contributed by atoms with E-state index in [4.69, 9.17) is 28.2 Å². The van der Waals surface area contributed by atoms with Gasteiger partial charge in [0.15, 0.2) is 0 Å². The number of H-pyrrole nitrogens is 1. The van der Waals surface area contributed by atoms with E-state index in [-0.39, 0.29) is 25.8 Å². The number of hydrogen-bond acceptors (Lipinski definition) is 12. The van der Waals surface area contributed by atoms with Crippen LogP contribution in [0.25, 0.3) is 0 Å². The fourth-order valence-electron chi connectivity index (χ4n) is 3.20. The van der Waals surface area contributed by atoms with Crippen molar-refractivity contribution in [1.29, 1.82) is 0 Å². The van der Waals surface area contributed by atoms with E-state index in [1.165, 1.54) is 13.3 Å². The van der Waals surface area contributed by atoms with Crippen LogP contribution in [0.15, 0.2) is 21.9 Å². The molecule has 186 valence electrons. The van der Waals surface area contributed by atoms with Crippen LogP contribution in [0.4, 0.5) is 4.79 Å². The third kappa shape index (κ3) is 6.92. The van der Waals surface area contributed by atoms with Gasteiger partial charge < -0.3 is 33.3 Å². The predicted octanol–water partition coefficient (Wildman–Crippen LogP) is 0.272. The van der Waals surface area contributed by atoms with Crippen molar-refractivity contribution in [2.24, 2.45) is 5.92 Å². The van der Waals surface area contributed by atoms with Gasteiger partial charge in [0.2, 0.25) is 13.0 Å². The Bertz CT molecular complexity index is 936. The van der Waals surface area contributed by atoms with Crippen molar-refractivity contribution >= 4 is 24.8 Å². The SMILES string of the molecule is COCCO[C@]1(n2ccc(=O)[nH]c2=O)CO[C@H](CO)[C@H]1O[PH](=O)SCOC(=O)OCC1CC1. The summed E-state index contributed by atoms with van der Waals surface area (Å²) in [5.74, 6) is 0.0995. The first-order valence-electron chi connectivity index (χ1n) is 10.2. The largest absolute Gasteiger partial charge is 0.509 e. The molecular weight excluding hydrogens is 483 g/mol. The molecule has 0 amide bonds. The van der Waals surface area contributed by atoms with Crippen molar-refractivity contribution in [3.8, 4) is 0 Å². The molecule has 0 radical (unpaired) electrons. The van der Waals surface area contributed by atoms with Crippen molar-refractivity contribution < 1.29 is 42.7 Å². The number of nitrogens with one attached hydrogen (secondary N) is 1. The number of aliphatic hydroxyl groups excluding tert-OH is 1. The molecule has 4 atom stereocenters. The molecular formula is C18H27N2O11PS. The van der Waals surface area contributed by atoms with E-state index in [0.717, 1.165) is 34.9 Å². The van der Waals surface area contributed by atoms with E-state index in [1.54, 1.807) is 0 Å².